The van der Waals surface area contributed by atoms with Crippen LogP contribution in [0.5, 0.6) is 0 Å². The highest BCUT2D eigenvalue weighted by atomic mass is 19.1. The third-order valence-electron chi connectivity index (χ3n) is 8.01. The first-order chi connectivity index (χ1) is 18.4. The second kappa shape index (κ2) is 10.4. The molecule has 2 aliphatic heterocycles. The molecule has 3 aliphatic rings. The number of halogens is 1. The summed E-state index contributed by atoms with van der Waals surface area (Å²) in [6, 6.07) is 5.04. The van der Waals surface area contributed by atoms with Crippen molar-refractivity contribution in [2.24, 2.45) is 13.0 Å². The Morgan fingerprint density at radius 2 is 1.90 bits per heavy atom. The monoisotopic (exact) mass is 544 g/mol. The summed E-state index contributed by atoms with van der Waals surface area (Å²) in [5.41, 5.74) is 1.63. The second-order valence-corrected chi connectivity index (χ2v) is 12.0. The van der Waals surface area contributed by atoms with Crippen molar-refractivity contribution in [3.63, 3.8) is 0 Å². The van der Waals surface area contributed by atoms with Crippen molar-refractivity contribution in [3.8, 4) is 0 Å². The van der Waals surface area contributed by atoms with Crippen LogP contribution in [0.4, 0.5) is 9.18 Å². The highest BCUT2D eigenvalue weighted by molar-refractivity contribution is 6.00. The quantitative estimate of drug-likeness (QED) is 0.579. The maximum absolute atomic E-state index is 14.8. The van der Waals surface area contributed by atoms with Gasteiger partial charge in [0.2, 0.25) is 11.8 Å². The van der Waals surface area contributed by atoms with Gasteiger partial charge in [0, 0.05) is 26.6 Å². The molecule has 0 radical (unpaired) electrons. The third-order valence-corrected chi connectivity index (χ3v) is 8.01. The molecule has 0 bridgehead atoms. The predicted molar refractivity (Wildman–Crippen MR) is 141 cm³/mol. The van der Waals surface area contributed by atoms with Gasteiger partial charge in [0.1, 0.15) is 17.8 Å². The van der Waals surface area contributed by atoms with Gasteiger partial charge in [-0.25, -0.2) is 14.0 Å². The average Bonchev–Trinajstić information content (AvgIpc) is 3.08. The first kappa shape index (κ1) is 27.4. The Labute approximate surface area is 226 Å². The SMILES string of the molecule is Cn1c(=O)n(C2CCC(=O)NC2=O)c2cccc(C3CC(CO[C@@H]4CCN(C(=O)OC(C)(C)C)C[C@@H]4F)C3)c21. The number of aromatic nitrogens is 2. The minimum atomic E-state index is -1.27. The number of likely N-dealkylation sites (tertiary alicyclic amines) is 1. The number of para-hydroxylation sites is 1. The van der Waals surface area contributed by atoms with Gasteiger partial charge >= 0.3 is 11.8 Å². The van der Waals surface area contributed by atoms with Gasteiger partial charge in [0.05, 0.1) is 23.7 Å². The van der Waals surface area contributed by atoms with Crippen molar-refractivity contribution in [2.45, 2.75) is 82.7 Å². The van der Waals surface area contributed by atoms with E-state index in [1.807, 2.05) is 18.2 Å². The average molecular weight is 545 g/mol. The normalized spacial score (nSPS) is 27.8. The number of hydrogen-bond acceptors (Lipinski definition) is 6. The first-order valence-electron chi connectivity index (χ1n) is 13.7. The number of imide groups is 1. The van der Waals surface area contributed by atoms with Crippen molar-refractivity contribution in [2.75, 3.05) is 19.7 Å². The fourth-order valence-corrected chi connectivity index (χ4v) is 5.98. The van der Waals surface area contributed by atoms with Gasteiger partial charge in [-0.15, -0.1) is 0 Å². The molecule has 2 saturated heterocycles. The number of alkyl halides is 1. The van der Waals surface area contributed by atoms with Crippen LogP contribution in [0.1, 0.15) is 70.4 Å². The summed E-state index contributed by atoms with van der Waals surface area (Å²) in [7, 11) is 1.71. The van der Waals surface area contributed by atoms with Crippen LogP contribution in [0.3, 0.4) is 0 Å². The van der Waals surface area contributed by atoms with Crippen molar-refractivity contribution < 1.29 is 28.2 Å². The molecule has 3 amide bonds. The number of ether oxygens (including phenoxy) is 2. The molecule has 1 N–H and O–H groups in total. The molecule has 1 unspecified atom stereocenters. The fraction of sp³-hybridized carbons (Fsp3) is 0.643. The number of hydrogen-bond donors (Lipinski definition) is 1. The standard InChI is InChI=1S/C28H37FN4O6/c1-28(2,3)39-27(37)32-11-10-22(19(29)14-32)38-15-16-12-17(13-16)18-6-5-7-20-24(18)31(4)26(36)33(20)21-8-9-23(34)30-25(21)35/h5-7,16-17,19,21-22H,8-15H2,1-4H3,(H,30,34,35)/t16?,17?,19-,21?,22+/m0/s1. The Morgan fingerprint density at radius 1 is 1.15 bits per heavy atom. The number of carbonyl (C=O) groups excluding carboxylic acids is 3. The lowest BCUT2D eigenvalue weighted by Gasteiger charge is -2.39. The van der Waals surface area contributed by atoms with Gasteiger partial charge < -0.3 is 14.4 Å². The molecule has 1 aromatic heterocycles. The van der Waals surface area contributed by atoms with Crippen LogP contribution >= 0.6 is 0 Å². The van der Waals surface area contributed by atoms with Gasteiger partial charge in [-0.3, -0.25) is 24.0 Å². The number of fused-ring (bicyclic) bond motifs is 1. The number of amides is 3. The van der Waals surface area contributed by atoms with E-state index in [0.717, 1.165) is 23.9 Å². The Hall–Kier alpha value is -3.21. The lowest BCUT2D eigenvalue weighted by molar-refractivity contribution is -0.135. The zero-order chi connectivity index (χ0) is 28.1. The maximum atomic E-state index is 14.8. The van der Waals surface area contributed by atoms with Crippen LogP contribution in [-0.4, -0.2) is 69.5 Å². The molecule has 1 saturated carbocycles. The summed E-state index contributed by atoms with van der Waals surface area (Å²) in [5, 5.41) is 2.34. The van der Waals surface area contributed by atoms with Crippen LogP contribution in [-0.2, 0) is 26.1 Å². The van der Waals surface area contributed by atoms with E-state index in [9.17, 15) is 23.6 Å². The van der Waals surface area contributed by atoms with Crippen LogP contribution in [0.2, 0.25) is 0 Å². The van der Waals surface area contributed by atoms with Crippen molar-refractivity contribution in [1.29, 1.82) is 0 Å². The van der Waals surface area contributed by atoms with Crippen LogP contribution < -0.4 is 11.0 Å². The zero-order valence-electron chi connectivity index (χ0n) is 22.9. The number of benzene rings is 1. The predicted octanol–water partition coefficient (Wildman–Crippen LogP) is 3.18. The van der Waals surface area contributed by atoms with Crippen molar-refractivity contribution in [1.82, 2.24) is 19.4 Å². The smallest absolute Gasteiger partial charge is 0.410 e. The molecule has 3 fully saturated rings. The van der Waals surface area contributed by atoms with Gasteiger partial charge in [0.15, 0.2) is 0 Å². The number of carbonyl (C=O) groups is 3. The van der Waals surface area contributed by atoms with E-state index < -0.39 is 35.9 Å². The lowest BCUT2D eigenvalue weighted by atomic mass is 9.71. The third kappa shape index (κ3) is 5.46. The molecular formula is C28H37FN4O6. The van der Waals surface area contributed by atoms with Gasteiger partial charge in [0.25, 0.3) is 0 Å². The molecule has 2 aromatic rings. The lowest BCUT2D eigenvalue weighted by Crippen LogP contribution is -2.50. The molecule has 5 rings (SSSR count). The van der Waals surface area contributed by atoms with E-state index in [1.165, 1.54) is 9.47 Å². The molecule has 10 nitrogen and oxygen atoms in total. The van der Waals surface area contributed by atoms with E-state index in [0.29, 0.717) is 31.5 Å². The summed E-state index contributed by atoms with van der Waals surface area (Å²) in [6.45, 7) is 6.16. The second-order valence-electron chi connectivity index (χ2n) is 12.0. The maximum Gasteiger partial charge on any atom is 0.410 e. The minimum Gasteiger partial charge on any atom is -0.444 e. The molecule has 212 valence electrons. The number of imidazole rings is 1. The highest BCUT2D eigenvalue weighted by Crippen LogP contribution is 2.44. The molecule has 3 atom stereocenters. The van der Waals surface area contributed by atoms with E-state index in [-0.39, 0.29) is 36.4 Å². The van der Waals surface area contributed by atoms with E-state index in [2.05, 4.69) is 5.32 Å². The van der Waals surface area contributed by atoms with E-state index in [1.54, 1.807) is 32.4 Å². The summed E-state index contributed by atoms with van der Waals surface area (Å²) in [6.07, 6.45) is 0.306. The Kier molecular flexibility index (Phi) is 7.30. The largest absolute Gasteiger partial charge is 0.444 e. The minimum absolute atomic E-state index is 0.0347. The highest BCUT2D eigenvalue weighted by Gasteiger charge is 2.38. The molecule has 11 heteroatoms. The van der Waals surface area contributed by atoms with E-state index in [4.69, 9.17) is 9.47 Å². The number of nitrogens with zero attached hydrogens (tertiary/aromatic N) is 3. The van der Waals surface area contributed by atoms with Gasteiger partial charge in [-0.1, -0.05) is 12.1 Å². The molecule has 0 spiro atoms. The summed E-state index contributed by atoms with van der Waals surface area (Å²) in [4.78, 5) is 50.9. The number of piperidine rings is 2. The molecule has 1 aromatic carbocycles. The van der Waals surface area contributed by atoms with Gasteiger partial charge in [-0.05, 0) is 69.9 Å². The van der Waals surface area contributed by atoms with Crippen molar-refractivity contribution >= 4 is 28.9 Å². The van der Waals surface area contributed by atoms with Gasteiger partial charge in [-0.2, -0.15) is 0 Å². The van der Waals surface area contributed by atoms with Crippen molar-refractivity contribution in [3.05, 3.63) is 34.2 Å². The van der Waals surface area contributed by atoms with Crippen LogP contribution in [0.25, 0.3) is 11.0 Å². The van der Waals surface area contributed by atoms with Crippen LogP contribution in [0.15, 0.2) is 23.0 Å². The Bertz CT molecular complexity index is 1340. The summed E-state index contributed by atoms with van der Waals surface area (Å²) in [5.74, 6) is -0.271. The summed E-state index contributed by atoms with van der Waals surface area (Å²) < 4.78 is 29.2. The Balaban J connectivity index is 1.19. The number of aryl methyl sites for hydroxylation is 1. The number of rotatable bonds is 5. The molecule has 3 heterocycles. The molecule has 1 aliphatic carbocycles. The fourth-order valence-electron chi connectivity index (χ4n) is 5.98. The topological polar surface area (TPSA) is 112 Å². The van der Waals surface area contributed by atoms with Crippen LogP contribution in [0, 0.1) is 5.92 Å². The summed E-state index contributed by atoms with van der Waals surface area (Å²) >= 11 is 0. The first-order valence-corrected chi connectivity index (χ1v) is 13.7. The van der Waals surface area contributed by atoms with E-state index >= 15 is 0 Å². The Morgan fingerprint density at radius 3 is 2.56 bits per heavy atom. The molecule has 39 heavy (non-hydrogen) atoms. The molecular weight excluding hydrogens is 507 g/mol. The number of nitrogens with one attached hydrogen (secondary N) is 1. The zero-order valence-corrected chi connectivity index (χ0v) is 22.9.